The summed E-state index contributed by atoms with van der Waals surface area (Å²) in [6.45, 7) is 3.01. The Labute approximate surface area is 81.8 Å². The number of carbonyl (C=O) groups is 2. The number of carbonyl (C=O) groups excluding carboxylic acids is 2. The van der Waals surface area contributed by atoms with E-state index in [9.17, 15) is 9.59 Å². The van der Waals surface area contributed by atoms with E-state index in [1.165, 1.54) is 13.8 Å². The average molecular weight is 203 g/mol. The smallest absolute Gasteiger partial charge is 0.242 e. The molecule has 0 aromatic rings. The molecule has 13 heavy (non-hydrogen) atoms. The fourth-order valence-electron chi connectivity index (χ4n) is 0.613. The van der Waals surface area contributed by atoms with Gasteiger partial charge in [-0.1, -0.05) is 12.2 Å². The van der Waals surface area contributed by atoms with Gasteiger partial charge >= 0.3 is 0 Å². The van der Waals surface area contributed by atoms with E-state index in [-0.39, 0.29) is 11.4 Å². The zero-order valence-electron chi connectivity index (χ0n) is 7.59. The summed E-state index contributed by atoms with van der Waals surface area (Å²) in [5, 5.41) is 2.41. The molecule has 6 heteroatoms. The SMILES string of the molecule is CC(C)(NC(=O)CC(N)=S)C(N)=O. The molecule has 0 radical (unpaired) electrons. The van der Waals surface area contributed by atoms with Crippen LogP contribution >= 0.6 is 12.2 Å². The minimum absolute atomic E-state index is 0.0773. The predicted molar refractivity (Wildman–Crippen MR) is 52.8 cm³/mol. The predicted octanol–water partition coefficient (Wildman–Crippen LogP) is -0.957. The van der Waals surface area contributed by atoms with E-state index < -0.39 is 17.4 Å². The van der Waals surface area contributed by atoms with Crippen molar-refractivity contribution in [3.05, 3.63) is 0 Å². The van der Waals surface area contributed by atoms with E-state index in [0.717, 1.165) is 0 Å². The van der Waals surface area contributed by atoms with Crippen LogP contribution in [0.1, 0.15) is 20.3 Å². The Balaban J connectivity index is 4.20. The highest BCUT2D eigenvalue weighted by Crippen LogP contribution is 2.00. The first-order valence-electron chi connectivity index (χ1n) is 3.65. The van der Waals surface area contributed by atoms with Crippen LogP contribution in [0.2, 0.25) is 0 Å². The molecular formula is C7H13N3O2S. The van der Waals surface area contributed by atoms with Gasteiger partial charge in [-0.05, 0) is 13.8 Å². The maximum absolute atomic E-state index is 11.1. The maximum Gasteiger partial charge on any atom is 0.242 e. The van der Waals surface area contributed by atoms with Crippen molar-refractivity contribution in [3.8, 4) is 0 Å². The molecule has 0 saturated heterocycles. The summed E-state index contributed by atoms with van der Waals surface area (Å²) in [4.78, 5) is 22.0. The number of amides is 2. The Bertz CT molecular complexity index is 250. The van der Waals surface area contributed by atoms with Crippen LogP contribution < -0.4 is 16.8 Å². The summed E-state index contributed by atoms with van der Waals surface area (Å²) in [5.41, 5.74) is 9.11. The number of primary amides is 1. The molecule has 0 aliphatic carbocycles. The van der Waals surface area contributed by atoms with E-state index in [2.05, 4.69) is 17.5 Å². The molecule has 0 aliphatic heterocycles. The number of hydrogen-bond donors (Lipinski definition) is 3. The van der Waals surface area contributed by atoms with Crippen LogP contribution in [0.3, 0.4) is 0 Å². The first-order chi connectivity index (χ1) is 5.75. The van der Waals surface area contributed by atoms with Crippen LogP contribution in [0.5, 0.6) is 0 Å². The quantitative estimate of drug-likeness (QED) is 0.513. The normalized spacial score (nSPS) is 10.6. The molecule has 0 atom stereocenters. The van der Waals surface area contributed by atoms with Crippen molar-refractivity contribution >= 4 is 29.0 Å². The standard InChI is InChI=1S/C7H13N3O2S/c1-7(2,6(9)12)10-5(11)3-4(8)13/h3H2,1-2H3,(H2,8,13)(H2,9,12)(H,10,11). The topological polar surface area (TPSA) is 98.2 Å². The van der Waals surface area contributed by atoms with Gasteiger partial charge in [0.2, 0.25) is 11.8 Å². The molecule has 0 aromatic heterocycles. The van der Waals surface area contributed by atoms with Crippen molar-refractivity contribution in [1.29, 1.82) is 0 Å². The molecule has 0 spiro atoms. The van der Waals surface area contributed by atoms with Gasteiger partial charge < -0.3 is 16.8 Å². The highest BCUT2D eigenvalue weighted by molar-refractivity contribution is 7.80. The largest absolute Gasteiger partial charge is 0.393 e. The van der Waals surface area contributed by atoms with Gasteiger partial charge in [0.05, 0.1) is 11.4 Å². The van der Waals surface area contributed by atoms with Crippen molar-refractivity contribution in [2.75, 3.05) is 0 Å². The summed E-state index contributed by atoms with van der Waals surface area (Å²) in [7, 11) is 0. The van der Waals surface area contributed by atoms with Gasteiger partial charge in [-0.2, -0.15) is 0 Å². The zero-order chi connectivity index (χ0) is 10.6. The summed E-state index contributed by atoms with van der Waals surface area (Å²) in [5.74, 6) is -1.01. The molecule has 0 saturated carbocycles. The summed E-state index contributed by atoms with van der Waals surface area (Å²) >= 11 is 4.53. The van der Waals surface area contributed by atoms with Gasteiger partial charge in [-0.15, -0.1) is 0 Å². The van der Waals surface area contributed by atoms with E-state index >= 15 is 0 Å². The molecule has 0 rings (SSSR count). The van der Waals surface area contributed by atoms with Crippen LogP contribution in [0, 0.1) is 0 Å². The van der Waals surface area contributed by atoms with Crippen molar-refractivity contribution < 1.29 is 9.59 Å². The van der Waals surface area contributed by atoms with Gasteiger partial charge in [-0.25, -0.2) is 0 Å². The van der Waals surface area contributed by atoms with E-state index in [0.29, 0.717) is 0 Å². The second-order valence-corrected chi connectivity index (χ2v) is 3.70. The lowest BCUT2D eigenvalue weighted by Crippen LogP contribution is -2.53. The minimum atomic E-state index is -1.07. The van der Waals surface area contributed by atoms with Crippen LogP contribution in [0.4, 0.5) is 0 Å². The third-order valence-electron chi connectivity index (χ3n) is 1.40. The molecule has 0 unspecified atom stereocenters. The maximum atomic E-state index is 11.1. The monoisotopic (exact) mass is 203 g/mol. The van der Waals surface area contributed by atoms with Gasteiger partial charge in [0.25, 0.3) is 0 Å². The Morgan fingerprint density at radius 1 is 1.38 bits per heavy atom. The summed E-state index contributed by atoms with van der Waals surface area (Å²) in [6, 6.07) is 0. The van der Waals surface area contributed by atoms with Crippen molar-refractivity contribution in [2.45, 2.75) is 25.8 Å². The first kappa shape index (κ1) is 11.8. The van der Waals surface area contributed by atoms with Crippen molar-refractivity contribution in [2.24, 2.45) is 11.5 Å². The van der Waals surface area contributed by atoms with Gasteiger partial charge in [0, 0.05) is 0 Å². The molecule has 0 heterocycles. The highest BCUT2D eigenvalue weighted by Gasteiger charge is 2.26. The number of nitrogens with one attached hydrogen (secondary N) is 1. The van der Waals surface area contributed by atoms with Crippen LogP contribution in [0.25, 0.3) is 0 Å². The third kappa shape index (κ3) is 4.41. The molecule has 0 fully saturated rings. The van der Waals surface area contributed by atoms with Gasteiger partial charge in [0.15, 0.2) is 0 Å². The fourth-order valence-corrected chi connectivity index (χ4v) is 0.744. The summed E-state index contributed by atoms with van der Waals surface area (Å²) in [6.07, 6.45) is -0.0773. The molecule has 0 aromatic carbocycles. The third-order valence-corrected chi connectivity index (χ3v) is 1.55. The Morgan fingerprint density at radius 2 is 1.85 bits per heavy atom. The van der Waals surface area contributed by atoms with E-state index in [4.69, 9.17) is 11.5 Å². The molecule has 0 bridgehead atoms. The molecule has 5 nitrogen and oxygen atoms in total. The average Bonchev–Trinajstić information content (AvgIpc) is 1.82. The van der Waals surface area contributed by atoms with Gasteiger partial charge in [-0.3, -0.25) is 9.59 Å². The molecule has 5 N–H and O–H groups in total. The first-order valence-corrected chi connectivity index (χ1v) is 4.06. The zero-order valence-corrected chi connectivity index (χ0v) is 8.40. The lowest BCUT2D eigenvalue weighted by molar-refractivity contribution is -0.129. The molecule has 74 valence electrons. The van der Waals surface area contributed by atoms with Crippen LogP contribution in [-0.2, 0) is 9.59 Å². The van der Waals surface area contributed by atoms with E-state index in [1.807, 2.05) is 0 Å². The van der Waals surface area contributed by atoms with E-state index in [1.54, 1.807) is 0 Å². The highest BCUT2D eigenvalue weighted by atomic mass is 32.1. The summed E-state index contributed by atoms with van der Waals surface area (Å²) < 4.78 is 0. The molecule has 2 amide bonds. The number of thiocarbonyl (C=S) groups is 1. The molecule has 0 aliphatic rings. The minimum Gasteiger partial charge on any atom is -0.393 e. The Hall–Kier alpha value is -1.17. The number of nitrogens with two attached hydrogens (primary N) is 2. The lowest BCUT2D eigenvalue weighted by Gasteiger charge is -2.21. The van der Waals surface area contributed by atoms with Crippen molar-refractivity contribution in [3.63, 3.8) is 0 Å². The second-order valence-electron chi connectivity index (χ2n) is 3.18. The van der Waals surface area contributed by atoms with Gasteiger partial charge in [0.1, 0.15) is 5.54 Å². The lowest BCUT2D eigenvalue weighted by atomic mass is 10.1. The number of rotatable bonds is 4. The van der Waals surface area contributed by atoms with Crippen LogP contribution in [0.15, 0.2) is 0 Å². The van der Waals surface area contributed by atoms with Crippen molar-refractivity contribution in [1.82, 2.24) is 5.32 Å². The number of hydrogen-bond acceptors (Lipinski definition) is 3. The van der Waals surface area contributed by atoms with Crippen LogP contribution in [-0.4, -0.2) is 22.3 Å². The Morgan fingerprint density at radius 3 is 2.15 bits per heavy atom. The molecular weight excluding hydrogens is 190 g/mol. The second kappa shape index (κ2) is 4.18. The fraction of sp³-hybridized carbons (Fsp3) is 0.571. The Kier molecular flexibility index (Phi) is 3.80.